The molecule has 0 bridgehead atoms. The minimum atomic E-state index is 0.356. The van der Waals surface area contributed by atoms with Crippen LogP contribution in [0.3, 0.4) is 0 Å². The van der Waals surface area contributed by atoms with Crippen molar-refractivity contribution in [2.45, 2.75) is 0 Å². The Morgan fingerprint density at radius 3 is 2.25 bits per heavy atom. The number of nitrogens with two attached hydrogens (primary N) is 1. The maximum absolute atomic E-state index is 5.65. The summed E-state index contributed by atoms with van der Waals surface area (Å²) in [6.45, 7) is 3.09. The van der Waals surface area contributed by atoms with Gasteiger partial charge in [0.05, 0.1) is 45.8 Å². The van der Waals surface area contributed by atoms with E-state index in [1.165, 1.54) is 7.11 Å². The molecule has 0 aromatic carbocycles. The maximum Gasteiger partial charge on any atom is 0.240 e. The summed E-state index contributed by atoms with van der Waals surface area (Å²) < 4.78 is 25.9. The van der Waals surface area contributed by atoms with E-state index in [9.17, 15) is 0 Å². The zero-order chi connectivity index (χ0) is 14.6. The minimum Gasteiger partial charge on any atom is -0.479 e. The van der Waals surface area contributed by atoms with Crippen molar-refractivity contribution in [3.63, 3.8) is 0 Å². The molecule has 20 heavy (non-hydrogen) atoms. The van der Waals surface area contributed by atoms with Crippen molar-refractivity contribution >= 4 is 5.69 Å². The number of hydrogen-bond donors (Lipinski definition) is 1. The topological polar surface area (TPSA) is 85.1 Å². The van der Waals surface area contributed by atoms with E-state index in [1.807, 2.05) is 0 Å². The third-order valence-electron chi connectivity index (χ3n) is 2.34. The fourth-order valence-electron chi connectivity index (χ4n) is 1.35. The molecule has 0 fully saturated rings. The van der Waals surface area contributed by atoms with Gasteiger partial charge in [-0.15, -0.1) is 0 Å². The number of pyridine rings is 1. The summed E-state index contributed by atoms with van der Waals surface area (Å²) in [4.78, 5) is 4.09. The SMILES string of the molecule is COCCOCCOCCOc1ccc(N)c(OC)n1. The summed E-state index contributed by atoms with van der Waals surface area (Å²) >= 11 is 0. The largest absolute Gasteiger partial charge is 0.479 e. The predicted molar refractivity (Wildman–Crippen MR) is 74.2 cm³/mol. The molecule has 0 radical (unpaired) electrons. The second-order valence-corrected chi connectivity index (χ2v) is 3.81. The molecule has 0 spiro atoms. The number of methoxy groups -OCH3 is 2. The Kier molecular flexibility index (Phi) is 8.44. The first-order valence-corrected chi connectivity index (χ1v) is 6.35. The quantitative estimate of drug-likeness (QED) is 0.600. The highest BCUT2D eigenvalue weighted by Gasteiger charge is 2.03. The third-order valence-corrected chi connectivity index (χ3v) is 2.34. The van der Waals surface area contributed by atoms with Crippen molar-refractivity contribution in [3.8, 4) is 11.8 Å². The van der Waals surface area contributed by atoms with Crippen LogP contribution in [0.15, 0.2) is 12.1 Å². The molecule has 1 aromatic rings. The number of ether oxygens (including phenoxy) is 5. The van der Waals surface area contributed by atoms with E-state index in [-0.39, 0.29) is 0 Å². The van der Waals surface area contributed by atoms with Crippen LogP contribution in [0, 0.1) is 0 Å². The molecular formula is C13H22N2O5. The molecule has 0 unspecified atom stereocenters. The lowest BCUT2D eigenvalue weighted by Crippen LogP contribution is -2.12. The lowest BCUT2D eigenvalue weighted by Gasteiger charge is -2.09. The summed E-state index contributed by atoms with van der Waals surface area (Å²) in [7, 11) is 3.15. The van der Waals surface area contributed by atoms with Crippen LogP contribution in [0.1, 0.15) is 0 Å². The molecule has 7 heteroatoms. The van der Waals surface area contributed by atoms with Crippen LogP contribution in [0.4, 0.5) is 5.69 Å². The second-order valence-electron chi connectivity index (χ2n) is 3.81. The molecule has 1 heterocycles. The molecule has 1 aromatic heterocycles. The molecule has 0 atom stereocenters. The van der Waals surface area contributed by atoms with Crippen LogP contribution in [0.2, 0.25) is 0 Å². The van der Waals surface area contributed by atoms with Crippen LogP contribution < -0.4 is 15.2 Å². The summed E-state index contributed by atoms with van der Waals surface area (Å²) in [6.07, 6.45) is 0. The Morgan fingerprint density at radius 2 is 1.60 bits per heavy atom. The van der Waals surface area contributed by atoms with Crippen LogP contribution in [0.5, 0.6) is 11.8 Å². The van der Waals surface area contributed by atoms with Gasteiger partial charge in [-0.2, -0.15) is 4.98 Å². The van der Waals surface area contributed by atoms with E-state index in [0.717, 1.165) is 0 Å². The number of hydrogen-bond acceptors (Lipinski definition) is 7. The van der Waals surface area contributed by atoms with Gasteiger partial charge in [0.1, 0.15) is 6.61 Å². The van der Waals surface area contributed by atoms with Crippen molar-refractivity contribution in [3.05, 3.63) is 12.1 Å². The van der Waals surface area contributed by atoms with Gasteiger partial charge in [0, 0.05) is 13.2 Å². The van der Waals surface area contributed by atoms with Crippen LogP contribution in [0.25, 0.3) is 0 Å². The summed E-state index contributed by atoms with van der Waals surface area (Å²) in [5, 5.41) is 0. The fourth-order valence-corrected chi connectivity index (χ4v) is 1.35. The molecule has 0 saturated heterocycles. The Bertz CT molecular complexity index is 376. The summed E-state index contributed by atoms with van der Waals surface area (Å²) in [6, 6.07) is 3.37. The summed E-state index contributed by atoms with van der Waals surface area (Å²) in [5.41, 5.74) is 6.13. The Balaban J connectivity index is 2.06. The molecule has 7 nitrogen and oxygen atoms in total. The molecule has 0 aliphatic carbocycles. The Morgan fingerprint density at radius 1 is 0.950 bits per heavy atom. The number of anilines is 1. The molecule has 0 aliphatic rings. The first-order valence-electron chi connectivity index (χ1n) is 6.35. The van der Waals surface area contributed by atoms with Gasteiger partial charge in [0.2, 0.25) is 11.8 Å². The van der Waals surface area contributed by atoms with Gasteiger partial charge >= 0.3 is 0 Å². The number of rotatable bonds is 11. The average Bonchev–Trinajstić information content (AvgIpc) is 2.47. The predicted octanol–water partition coefficient (Wildman–Crippen LogP) is 0.731. The highest BCUT2D eigenvalue weighted by atomic mass is 16.6. The van der Waals surface area contributed by atoms with Gasteiger partial charge < -0.3 is 29.4 Å². The Labute approximate surface area is 118 Å². The monoisotopic (exact) mass is 286 g/mol. The normalized spacial score (nSPS) is 10.5. The first kappa shape index (κ1) is 16.5. The minimum absolute atomic E-state index is 0.356. The molecule has 0 saturated carbocycles. The van der Waals surface area contributed by atoms with Crippen molar-refractivity contribution in [2.75, 3.05) is 59.6 Å². The summed E-state index contributed by atoms with van der Waals surface area (Å²) in [5.74, 6) is 0.811. The van der Waals surface area contributed by atoms with Gasteiger partial charge in [0.15, 0.2) is 0 Å². The number of nitrogens with zero attached hydrogens (tertiary/aromatic N) is 1. The van der Waals surface area contributed by atoms with Gasteiger partial charge in [-0.1, -0.05) is 0 Å². The zero-order valence-electron chi connectivity index (χ0n) is 12.0. The molecule has 1 rings (SSSR count). The lowest BCUT2D eigenvalue weighted by molar-refractivity contribution is 0.0176. The molecule has 114 valence electrons. The molecule has 0 amide bonds. The van der Waals surface area contributed by atoms with E-state index in [4.69, 9.17) is 29.4 Å². The van der Waals surface area contributed by atoms with Gasteiger partial charge in [-0.3, -0.25) is 0 Å². The zero-order valence-corrected chi connectivity index (χ0v) is 12.0. The van der Waals surface area contributed by atoms with Gasteiger partial charge in [-0.25, -0.2) is 0 Å². The van der Waals surface area contributed by atoms with Crippen molar-refractivity contribution < 1.29 is 23.7 Å². The van der Waals surface area contributed by atoms with E-state index >= 15 is 0 Å². The standard InChI is InChI=1S/C13H22N2O5/c1-16-5-6-18-7-8-19-9-10-20-12-4-3-11(14)13(15-12)17-2/h3-4H,5-10,14H2,1-2H3. The average molecular weight is 286 g/mol. The molecule has 2 N–H and O–H groups in total. The highest BCUT2D eigenvalue weighted by molar-refractivity contribution is 5.49. The lowest BCUT2D eigenvalue weighted by atomic mass is 10.4. The first-order chi connectivity index (χ1) is 9.77. The third kappa shape index (κ3) is 6.55. The fraction of sp³-hybridized carbons (Fsp3) is 0.615. The maximum atomic E-state index is 5.65. The molecular weight excluding hydrogens is 264 g/mol. The molecule has 0 aliphatic heterocycles. The van der Waals surface area contributed by atoms with E-state index in [2.05, 4.69) is 4.98 Å². The number of aromatic nitrogens is 1. The van der Waals surface area contributed by atoms with E-state index in [1.54, 1.807) is 19.2 Å². The van der Waals surface area contributed by atoms with E-state index in [0.29, 0.717) is 57.1 Å². The Hall–Kier alpha value is -1.57. The van der Waals surface area contributed by atoms with Crippen molar-refractivity contribution in [2.24, 2.45) is 0 Å². The van der Waals surface area contributed by atoms with Gasteiger partial charge in [0.25, 0.3) is 0 Å². The highest BCUT2D eigenvalue weighted by Crippen LogP contribution is 2.21. The van der Waals surface area contributed by atoms with Crippen LogP contribution >= 0.6 is 0 Å². The smallest absolute Gasteiger partial charge is 0.240 e. The number of nitrogen functional groups attached to an aromatic ring is 1. The van der Waals surface area contributed by atoms with Crippen LogP contribution in [-0.4, -0.2) is 58.8 Å². The van der Waals surface area contributed by atoms with E-state index < -0.39 is 0 Å². The van der Waals surface area contributed by atoms with Gasteiger partial charge in [-0.05, 0) is 6.07 Å². The van der Waals surface area contributed by atoms with Crippen molar-refractivity contribution in [1.29, 1.82) is 0 Å². The van der Waals surface area contributed by atoms with Crippen molar-refractivity contribution in [1.82, 2.24) is 4.98 Å². The van der Waals surface area contributed by atoms with Crippen LogP contribution in [-0.2, 0) is 14.2 Å². The second kappa shape index (κ2) is 10.2.